The molecule has 0 unspecified atom stereocenters. The number of hydrogen-bond acceptors (Lipinski definition) is 5. The van der Waals surface area contributed by atoms with Gasteiger partial charge >= 0.3 is 0 Å². The van der Waals surface area contributed by atoms with Crippen molar-refractivity contribution in [3.8, 4) is 5.88 Å². The number of aryl methyl sites for hydroxylation is 2. The molecule has 0 radical (unpaired) electrons. The minimum Gasteiger partial charge on any atom is -0.473 e. The van der Waals surface area contributed by atoms with Crippen LogP contribution in [0, 0.1) is 13.8 Å². The Morgan fingerprint density at radius 3 is 2.60 bits per heavy atom. The number of aromatic nitrogens is 1. The van der Waals surface area contributed by atoms with Crippen molar-refractivity contribution >= 4 is 21.6 Å². The van der Waals surface area contributed by atoms with Crippen molar-refractivity contribution in [1.82, 2.24) is 9.71 Å². The first-order valence-corrected chi connectivity index (χ1v) is 10.1. The summed E-state index contributed by atoms with van der Waals surface area (Å²) in [6, 6.07) is 4.92. The van der Waals surface area contributed by atoms with Gasteiger partial charge in [0.05, 0.1) is 0 Å². The summed E-state index contributed by atoms with van der Waals surface area (Å²) in [5.41, 5.74) is 0. The van der Waals surface area contributed by atoms with Crippen molar-refractivity contribution in [2.75, 3.05) is 0 Å². The van der Waals surface area contributed by atoms with E-state index in [0.717, 1.165) is 12.8 Å². The van der Waals surface area contributed by atoms with Crippen LogP contribution in [0.15, 0.2) is 33.7 Å². The molecule has 0 aromatic carbocycles. The molecule has 2 aromatic heterocycles. The summed E-state index contributed by atoms with van der Waals surface area (Å²) >= 11 is 6.06. The standard InChI is InChI=1S/C17H21ClN2O4S/c1-11-10-16(12(2)23-11)25(21,22)20-13-5-7-14(8-6-13)24-17-15(18)4-3-9-19-17/h3-4,9-10,13-14,20H,5-8H2,1-2H3. The fraction of sp³-hybridized carbons (Fsp3) is 0.471. The van der Waals surface area contributed by atoms with Gasteiger partial charge in [-0.15, -0.1) is 0 Å². The van der Waals surface area contributed by atoms with E-state index in [1.165, 1.54) is 0 Å². The summed E-state index contributed by atoms with van der Waals surface area (Å²) in [6.07, 6.45) is 4.50. The molecule has 25 heavy (non-hydrogen) atoms. The Morgan fingerprint density at radius 1 is 1.28 bits per heavy atom. The van der Waals surface area contributed by atoms with Crippen LogP contribution in [0.25, 0.3) is 0 Å². The molecule has 2 heterocycles. The maximum absolute atomic E-state index is 12.5. The molecule has 1 aliphatic rings. The molecule has 1 N–H and O–H groups in total. The predicted molar refractivity (Wildman–Crippen MR) is 94.4 cm³/mol. The van der Waals surface area contributed by atoms with Crippen LogP contribution < -0.4 is 9.46 Å². The smallest absolute Gasteiger partial charge is 0.244 e. The molecule has 136 valence electrons. The number of hydrogen-bond donors (Lipinski definition) is 1. The van der Waals surface area contributed by atoms with E-state index >= 15 is 0 Å². The van der Waals surface area contributed by atoms with Gasteiger partial charge in [0.2, 0.25) is 15.9 Å². The maximum atomic E-state index is 12.5. The van der Waals surface area contributed by atoms with E-state index in [1.807, 2.05) is 0 Å². The molecule has 1 saturated carbocycles. The van der Waals surface area contributed by atoms with E-state index in [2.05, 4.69) is 9.71 Å². The lowest BCUT2D eigenvalue weighted by molar-refractivity contribution is 0.138. The first-order valence-electron chi connectivity index (χ1n) is 8.21. The van der Waals surface area contributed by atoms with Gasteiger partial charge in [-0.05, 0) is 57.7 Å². The fourth-order valence-corrected chi connectivity index (χ4v) is 4.78. The van der Waals surface area contributed by atoms with E-state index in [-0.39, 0.29) is 17.0 Å². The molecule has 0 spiro atoms. The normalized spacial score (nSPS) is 21.2. The number of nitrogens with zero attached hydrogens (tertiary/aromatic N) is 1. The summed E-state index contributed by atoms with van der Waals surface area (Å²) in [5.74, 6) is 1.42. The molecule has 0 bridgehead atoms. The second-order valence-electron chi connectivity index (χ2n) is 6.28. The molecule has 1 fully saturated rings. The minimum atomic E-state index is -3.57. The Bertz CT molecular complexity index is 842. The highest BCUT2D eigenvalue weighted by Crippen LogP contribution is 2.28. The quantitative estimate of drug-likeness (QED) is 0.851. The van der Waals surface area contributed by atoms with Crippen LogP contribution in [0.2, 0.25) is 5.02 Å². The third kappa shape index (κ3) is 4.34. The SMILES string of the molecule is Cc1cc(S(=O)(=O)NC2CCC(Oc3ncccc3Cl)CC2)c(C)o1. The van der Waals surface area contributed by atoms with Gasteiger partial charge < -0.3 is 9.15 Å². The van der Waals surface area contributed by atoms with Gasteiger partial charge in [0.1, 0.15) is 27.5 Å². The van der Waals surface area contributed by atoms with E-state index in [0.29, 0.717) is 35.3 Å². The molecule has 0 aliphatic heterocycles. The largest absolute Gasteiger partial charge is 0.473 e. The van der Waals surface area contributed by atoms with Gasteiger partial charge in [-0.25, -0.2) is 18.1 Å². The molecule has 0 saturated heterocycles. The van der Waals surface area contributed by atoms with Crippen molar-refractivity contribution < 1.29 is 17.6 Å². The zero-order valence-electron chi connectivity index (χ0n) is 14.2. The average Bonchev–Trinajstić information content (AvgIpc) is 2.91. The van der Waals surface area contributed by atoms with Crippen molar-refractivity contribution in [1.29, 1.82) is 0 Å². The number of pyridine rings is 1. The first kappa shape index (κ1) is 18.2. The van der Waals surface area contributed by atoms with Crippen LogP contribution in [0.5, 0.6) is 5.88 Å². The molecule has 3 rings (SSSR count). The van der Waals surface area contributed by atoms with Gasteiger partial charge in [0, 0.05) is 12.2 Å². The lowest BCUT2D eigenvalue weighted by Gasteiger charge is -2.29. The van der Waals surface area contributed by atoms with Crippen molar-refractivity contribution in [3.63, 3.8) is 0 Å². The third-order valence-electron chi connectivity index (χ3n) is 4.28. The monoisotopic (exact) mass is 384 g/mol. The molecule has 6 nitrogen and oxygen atoms in total. The van der Waals surface area contributed by atoms with Crippen LogP contribution in [0.1, 0.15) is 37.2 Å². The van der Waals surface area contributed by atoms with E-state index in [9.17, 15) is 8.42 Å². The summed E-state index contributed by atoms with van der Waals surface area (Å²) < 4.78 is 39.0. The van der Waals surface area contributed by atoms with Crippen LogP contribution in [-0.2, 0) is 10.0 Å². The Balaban J connectivity index is 1.57. The zero-order valence-corrected chi connectivity index (χ0v) is 15.7. The van der Waals surface area contributed by atoms with Crippen LogP contribution in [0.3, 0.4) is 0 Å². The van der Waals surface area contributed by atoms with Gasteiger partial charge in [-0.2, -0.15) is 0 Å². The summed E-state index contributed by atoms with van der Waals surface area (Å²) in [6.45, 7) is 3.39. The minimum absolute atomic E-state index is 0.00828. The molecule has 2 aromatic rings. The zero-order chi connectivity index (χ0) is 18.0. The third-order valence-corrected chi connectivity index (χ3v) is 6.20. The number of furan rings is 1. The number of nitrogens with one attached hydrogen (secondary N) is 1. The second-order valence-corrected chi connectivity index (χ2v) is 8.37. The Kier molecular flexibility index (Phi) is 5.36. The van der Waals surface area contributed by atoms with Crippen LogP contribution in [0.4, 0.5) is 0 Å². The van der Waals surface area contributed by atoms with Crippen LogP contribution >= 0.6 is 11.6 Å². The van der Waals surface area contributed by atoms with Gasteiger partial charge in [-0.3, -0.25) is 0 Å². The lowest BCUT2D eigenvalue weighted by atomic mass is 9.94. The van der Waals surface area contributed by atoms with E-state index in [4.69, 9.17) is 20.8 Å². The number of ether oxygens (including phenoxy) is 1. The molecule has 1 aliphatic carbocycles. The average molecular weight is 385 g/mol. The lowest BCUT2D eigenvalue weighted by Crippen LogP contribution is -2.39. The van der Waals surface area contributed by atoms with E-state index < -0.39 is 10.0 Å². The van der Waals surface area contributed by atoms with E-state index in [1.54, 1.807) is 38.2 Å². The Labute approximate surface area is 152 Å². The van der Waals surface area contributed by atoms with Gasteiger partial charge in [0.25, 0.3) is 0 Å². The first-order chi connectivity index (χ1) is 11.8. The van der Waals surface area contributed by atoms with Crippen molar-refractivity contribution in [2.45, 2.75) is 56.6 Å². The molecular weight excluding hydrogens is 364 g/mol. The Hall–Kier alpha value is -1.57. The predicted octanol–water partition coefficient (Wildman–Crippen LogP) is 3.61. The topological polar surface area (TPSA) is 81.4 Å². The number of rotatable bonds is 5. The highest BCUT2D eigenvalue weighted by Gasteiger charge is 2.29. The fourth-order valence-electron chi connectivity index (χ4n) is 3.07. The highest BCUT2D eigenvalue weighted by molar-refractivity contribution is 7.89. The summed E-state index contributed by atoms with van der Waals surface area (Å²) in [7, 11) is -3.57. The summed E-state index contributed by atoms with van der Waals surface area (Å²) in [4.78, 5) is 4.34. The summed E-state index contributed by atoms with van der Waals surface area (Å²) in [5, 5.41) is 0.483. The molecular formula is C17H21ClN2O4S. The van der Waals surface area contributed by atoms with Gasteiger partial charge in [0.15, 0.2) is 0 Å². The second kappa shape index (κ2) is 7.35. The molecule has 8 heteroatoms. The van der Waals surface area contributed by atoms with Crippen LogP contribution in [-0.4, -0.2) is 25.5 Å². The van der Waals surface area contributed by atoms with Crippen molar-refractivity contribution in [2.24, 2.45) is 0 Å². The highest BCUT2D eigenvalue weighted by atomic mass is 35.5. The molecule has 0 amide bonds. The van der Waals surface area contributed by atoms with Crippen molar-refractivity contribution in [3.05, 3.63) is 40.9 Å². The van der Waals surface area contributed by atoms with Gasteiger partial charge in [-0.1, -0.05) is 11.6 Å². The maximum Gasteiger partial charge on any atom is 0.244 e. The number of halogens is 1. The Morgan fingerprint density at radius 2 is 2.00 bits per heavy atom. The number of sulfonamides is 1. The molecule has 0 atom stereocenters.